The smallest absolute Gasteiger partial charge is 0.308 e. The van der Waals surface area contributed by atoms with Gasteiger partial charge in [-0.3, -0.25) is 9.59 Å². The van der Waals surface area contributed by atoms with Crippen LogP contribution in [-0.2, 0) is 14.3 Å². The summed E-state index contributed by atoms with van der Waals surface area (Å²) in [5.74, 6) is -1.40. The first kappa shape index (κ1) is 14.0. The Kier molecular flexibility index (Phi) is 5.41. The van der Waals surface area contributed by atoms with Gasteiger partial charge < -0.3 is 14.7 Å². The second-order valence-corrected chi connectivity index (χ2v) is 4.51. The molecule has 1 aliphatic rings. The van der Waals surface area contributed by atoms with E-state index < -0.39 is 11.9 Å². The SMILES string of the molecule is CCN(CC(C)C(=O)O)C(=O)CC1CCCO1. The Bertz CT molecular complexity index is 274. The molecule has 17 heavy (non-hydrogen) atoms. The van der Waals surface area contributed by atoms with E-state index in [1.54, 1.807) is 11.8 Å². The number of nitrogens with zero attached hydrogens (tertiary/aromatic N) is 1. The summed E-state index contributed by atoms with van der Waals surface area (Å²) in [5.41, 5.74) is 0. The number of rotatable bonds is 6. The minimum absolute atomic E-state index is 0.00694. The van der Waals surface area contributed by atoms with Crippen LogP contribution in [0, 0.1) is 5.92 Å². The van der Waals surface area contributed by atoms with Gasteiger partial charge in [0.15, 0.2) is 0 Å². The molecule has 0 saturated carbocycles. The molecule has 98 valence electrons. The fourth-order valence-corrected chi connectivity index (χ4v) is 1.95. The highest BCUT2D eigenvalue weighted by atomic mass is 16.5. The van der Waals surface area contributed by atoms with Gasteiger partial charge in [-0.15, -0.1) is 0 Å². The zero-order valence-electron chi connectivity index (χ0n) is 10.5. The van der Waals surface area contributed by atoms with Crippen molar-refractivity contribution in [3.05, 3.63) is 0 Å². The number of carboxylic acid groups (broad SMARTS) is 1. The maximum atomic E-state index is 11.9. The molecule has 0 aromatic heterocycles. The van der Waals surface area contributed by atoms with E-state index in [4.69, 9.17) is 9.84 Å². The van der Waals surface area contributed by atoms with Gasteiger partial charge in [0.05, 0.1) is 18.4 Å². The predicted molar refractivity (Wildman–Crippen MR) is 62.6 cm³/mol. The maximum absolute atomic E-state index is 11.9. The molecule has 1 heterocycles. The molecule has 1 fully saturated rings. The summed E-state index contributed by atoms with van der Waals surface area (Å²) in [5, 5.41) is 8.83. The number of carboxylic acids is 1. The monoisotopic (exact) mass is 243 g/mol. The van der Waals surface area contributed by atoms with Crippen LogP contribution in [-0.4, -0.2) is 47.7 Å². The highest BCUT2D eigenvalue weighted by Crippen LogP contribution is 2.16. The molecule has 1 aliphatic heterocycles. The van der Waals surface area contributed by atoms with Gasteiger partial charge in [-0.25, -0.2) is 0 Å². The second kappa shape index (κ2) is 6.59. The third kappa shape index (κ3) is 4.34. The molecule has 1 amide bonds. The Labute approximate surface area is 102 Å². The lowest BCUT2D eigenvalue weighted by atomic mass is 10.1. The summed E-state index contributed by atoms with van der Waals surface area (Å²) >= 11 is 0. The molecule has 0 spiro atoms. The van der Waals surface area contributed by atoms with E-state index in [1.807, 2.05) is 6.92 Å². The number of ether oxygens (including phenoxy) is 1. The Morgan fingerprint density at radius 1 is 1.53 bits per heavy atom. The van der Waals surface area contributed by atoms with Crippen LogP contribution >= 0.6 is 0 Å². The van der Waals surface area contributed by atoms with E-state index in [1.165, 1.54) is 0 Å². The molecule has 5 nitrogen and oxygen atoms in total. The molecule has 0 aromatic rings. The summed E-state index contributed by atoms with van der Waals surface area (Å²) in [6.45, 7) is 5.03. The molecule has 0 aromatic carbocycles. The highest BCUT2D eigenvalue weighted by molar-refractivity contribution is 5.78. The van der Waals surface area contributed by atoms with Crippen molar-refractivity contribution < 1.29 is 19.4 Å². The maximum Gasteiger partial charge on any atom is 0.308 e. The lowest BCUT2D eigenvalue weighted by molar-refractivity contribution is -0.143. The van der Waals surface area contributed by atoms with Gasteiger partial charge >= 0.3 is 5.97 Å². The lowest BCUT2D eigenvalue weighted by Gasteiger charge is -2.24. The van der Waals surface area contributed by atoms with Crippen LogP contribution in [0.1, 0.15) is 33.1 Å². The average Bonchev–Trinajstić information content (AvgIpc) is 2.77. The zero-order chi connectivity index (χ0) is 12.8. The minimum Gasteiger partial charge on any atom is -0.481 e. The standard InChI is InChI=1S/C12H21NO4/c1-3-13(8-9(2)12(15)16)11(14)7-10-5-4-6-17-10/h9-10H,3-8H2,1-2H3,(H,15,16). The molecule has 1 saturated heterocycles. The van der Waals surface area contributed by atoms with Crippen molar-refractivity contribution in [2.75, 3.05) is 19.7 Å². The van der Waals surface area contributed by atoms with E-state index in [0.717, 1.165) is 19.4 Å². The van der Waals surface area contributed by atoms with Crippen LogP contribution in [0.3, 0.4) is 0 Å². The highest BCUT2D eigenvalue weighted by Gasteiger charge is 2.24. The molecule has 1 rings (SSSR count). The third-order valence-electron chi connectivity index (χ3n) is 3.08. The largest absolute Gasteiger partial charge is 0.481 e. The van der Waals surface area contributed by atoms with Gasteiger partial charge in [-0.1, -0.05) is 6.92 Å². The quantitative estimate of drug-likeness (QED) is 0.759. The fourth-order valence-electron chi connectivity index (χ4n) is 1.95. The van der Waals surface area contributed by atoms with E-state index in [2.05, 4.69) is 0 Å². The van der Waals surface area contributed by atoms with Crippen molar-refractivity contribution >= 4 is 11.9 Å². The number of carbonyl (C=O) groups is 2. The lowest BCUT2D eigenvalue weighted by Crippen LogP contribution is -2.38. The number of aliphatic carboxylic acids is 1. The summed E-state index contributed by atoms with van der Waals surface area (Å²) in [6, 6.07) is 0. The number of hydrogen-bond acceptors (Lipinski definition) is 3. The predicted octanol–water partition coefficient (Wildman–Crippen LogP) is 1.12. The summed E-state index contributed by atoms with van der Waals surface area (Å²) in [6.07, 6.45) is 2.34. The molecule has 0 aliphatic carbocycles. The Balaban J connectivity index is 2.42. The van der Waals surface area contributed by atoms with Crippen LogP contribution in [0.5, 0.6) is 0 Å². The molecule has 0 radical (unpaired) electrons. The summed E-state index contributed by atoms with van der Waals surface area (Å²) in [7, 11) is 0. The Hall–Kier alpha value is -1.10. The molecular formula is C12H21NO4. The summed E-state index contributed by atoms with van der Waals surface area (Å²) < 4.78 is 5.41. The fraction of sp³-hybridized carbons (Fsp3) is 0.833. The van der Waals surface area contributed by atoms with Gasteiger partial charge in [-0.05, 0) is 19.8 Å². The first-order chi connectivity index (χ1) is 8.04. The van der Waals surface area contributed by atoms with Crippen molar-refractivity contribution in [2.45, 2.75) is 39.2 Å². The molecule has 5 heteroatoms. The van der Waals surface area contributed by atoms with E-state index >= 15 is 0 Å². The number of amides is 1. The summed E-state index contributed by atoms with van der Waals surface area (Å²) in [4.78, 5) is 24.3. The van der Waals surface area contributed by atoms with Gasteiger partial charge in [0.25, 0.3) is 0 Å². The number of carbonyl (C=O) groups excluding carboxylic acids is 1. The third-order valence-corrected chi connectivity index (χ3v) is 3.08. The van der Waals surface area contributed by atoms with E-state index in [9.17, 15) is 9.59 Å². The van der Waals surface area contributed by atoms with Gasteiger partial charge in [0.1, 0.15) is 0 Å². The van der Waals surface area contributed by atoms with Gasteiger partial charge in [-0.2, -0.15) is 0 Å². The van der Waals surface area contributed by atoms with Crippen LogP contribution in [0.25, 0.3) is 0 Å². The molecule has 1 N–H and O–H groups in total. The average molecular weight is 243 g/mol. The Morgan fingerprint density at radius 2 is 2.24 bits per heavy atom. The van der Waals surface area contributed by atoms with Crippen molar-refractivity contribution in [2.24, 2.45) is 5.92 Å². The molecule has 2 atom stereocenters. The van der Waals surface area contributed by atoms with Crippen LogP contribution in [0.15, 0.2) is 0 Å². The number of hydrogen-bond donors (Lipinski definition) is 1. The molecular weight excluding hydrogens is 222 g/mol. The van der Waals surface area contributed by atoms with E-state index in [0.29, 0.717) is 13.0 Å². The first-order valence-electron chi connectivity index (χ1n) is 6.16. The minimum atomic E-state index is -0.867. The second-order valence-electron chi connectivity index (χ2n) is 4.51. The van der Waals surface area contributed by atoms with Crippen molar-refractivity contribution in [1.82, 2.24) is 4.90 Å². The topological polar surface area (TPSA) is 66.8 Å². The molecule has 0 bridgehead atoms. The Morgan fingerprint density at radius 3 is 2.71 bits per heavy atom. The van der Waals surface area contributed by atoms with Gasteiger partial charge in [0, 0.05) is 19.7 Å². The van der Waals surface area contributed by atoms with Crippen LogP contribution < -0.4 is 0 Å². The molecule has 2 unspecified atom stereocenters. The van der Waals surface area contributed by atoms with Crippen molar-refractivity contribution in [3.8, 4) is 0 Å². The normalized spacial score (nSPS) is 21.2. The van der Waals surface area contributed by atoms with Crippen LogP contribution in [0.2, 0.25) is 0 Å². The zero-order valence-corrected chi connectivity index (χ0v) is 10.5. The van der Waals surface area contributed by atoms with Crippen molar-refractivity contribution in [1.29, 1.82) is 0 Å². The van der Waals surface area contributed by atoms with Gasteiger partial charge in [0.2, 0.25) is 5.91 Å². The van der Waals surface area contributed by atoms with E-state index in [-0.39, 0.29) is 18.6 Å². The van der Waals surface area contributed by atoms with Crippen LogP contribution in [0.4, 0.5) is 0 Å². The first-order valence-corrected chi connectivity index (χ1v) is 6.16. The van der Waals surface area contributed by atoms with Crippen molar-refractivity contribution in [3.63, 3.8) is 0 Å².